The van der Waals surface area contributed by atoms with Crippen molar-refractivity contribution in [2.75, 3.05) is 38.7 Å². The van der Waals surface area contributed by atoms with Crippen molar-refractivity contribution in [2.45, 2.75) is 6.92 Å². The van der Waals surface area contributed by atoms with E-state index in [0.717, 1.165) is 17.1 Å². The number of aryl methyl sites for hydroxylation is 1. The Balaban J connectivity index is 1.78. The van der Waals surface area contributed by atoms with Crippen molar-refractivity contribution in [1.29, 1.82) is 0 Å². The van der Waals surface area contributed by atoms with Gasteiger partial charge in [-0.15, -0.1) is 0 Å². The normalized spacial score (nSPS) is 14.3. The van der Waals surface area contributed by atoms with Crippen LogP contribution in [0.25, 0.3) is 0 Å². The number of nitrogens with zero attached hydrogens (tertiary/aromatic N) is 3. The van der Waals surface area contributed by atoms with Gasteiger partial charge in [-0.05, 0) is 37.3 Å². The highest BCUT2D eigenvalue weighted by Gasteiger charge is 2.20. The van der Waals surface area contributed by atoms with Gasteiger partial charge in [-0.2, -0.15) is 0 Å². The molecule has 0 unspecified atom stereocenters. The standard InChI is InChI=1S/C17H20N4O3/c1-12-11-15(16(22)21-7-9-24-10-8-21)20-17(18-12)19-13-3-5-14(23-2)6-4-13/h3-6,11H,7-10H2,1-2H3,(H,18,19,20). The van der Waals surface area contributed by atoms with Crippen LogP contribution in [0.3, 0.4) is 0 Å². The average Bonchev–Trinajstić information content (AvgIpc) is 2.62. The van der Waals surface area contributed by atoms with E-state index >= 15 is 0 Å². The van der Waals surface area contributed by atoms with Crippen LogP contribution < -0.4 is 10.1 Å². The van der Waals surface area contributed by atoms with Gasteiger partial charge in [0.1, 0.15) is 11.4 Å². The third-order valence-corrected chi connectivity index (χ3v) is 3.72. The molecule has 1 amide bonds. The number of aromatic nitrogens is 2. The number of carbonyl (C=O) groups excluding carboxylic acids is 1. The lowest BCUT2D eigenvalue weighted by atomic mass is 10.2. The average molecular weight is 328 g/mol. The molecule has 7 nitrogen and oxygen atoms in total. The predicted octanol–water partition coefficient (Wildman–Crippen LogP) is 2.01. The van der Waals surface area contributed by atoms with Gasteiger partial charge in [-0.25, -0.2) is 9.97 Å². The molecule has 1 saturated heterocycles. The maximum absolute atomic E-state index is 12.6. The highest BCUT2D eigenvalue weighted by Crippen LogP contribution is 2.18. The zero-order chi connectivity index (χ0) is 16.9. The number of hydrogen-bond acceptors (Lipinski definition) is 6. The maximum atomic E-state index is 12.6. The number of carbonyl (C=O) groups is 1. The van der Waals surface area contributed by atoms with Crippen molar-refractivity contribution in [2.24, 2.45) is 0 Å². The Kier molecular flexibility index (Phi) is 4.90. The highest BCUT2D eigenvalue weighted by molar-refractivity contribution is 5.92. The molecule has 0 bridgehead atoms. The monoisotopic (exact) mass is 328 g/mol. The highest BCUT2D eigenvalue weighted by atomic mass is 16.5. The molecule has 7 heteroatoms. The van der Waals surface area contributed by atoms with Crippen LogP contribution in [-0.4, -0.2) is 54.2 Å². The molecule has 0 radical (unpaired) electrons. The number of morpholine rings is 1. The van der Waals surface area contributed by atoms with Crippen molar-refractivity contribution in [3.63, 3.8) is 0 Å². The van der Waals surface area contributed by atoms with E-state index in [4.69, 9.17) is 9.47 Å². The van der Waals surface area contributed by atoms with Crippen LogP contribution in [0.1, 0.15) is 16.2 Å². The third kappa shape index (κ3) is 3.80. The minimum absolute atomic E-state index is 0.0958. The summed E-state index contributed by atoms with van der Waals surface area (Å²) in [5.41, 5.74) is 1.95. The van der Waals surface area contributed by atoms with E-state index in [-0.39, 0.29) is 5.91 Å². The van der Waals surface area contributed by atoms with Gasteiger partial charge in [0, 0.05) is 24.5 Å². The minimum Gasteiger partial charge on any atom is -0.497 e. The molecule has 1 N–H and O–H groups in total. The van der Waals surface area contributed by atoms with E-state index in [1.54, 1.807) is 18.1 Å². The summed E-state index contributed by atoms with van der Waals surface area (Å²) in [6, 6.07) is 9.13. The number of amides is 1. The molecule has 0 atom stereocenters. The summed E-state index contributed by atoms with van der Waals surface area (Å²) in [6.45, 7) is 4.14. The minimum atomic E-state index is -0.0958. The summed E-state index contributed by atoms with van der Waals surface area (Å²) in [4.78, 5) is 23.0. The molecule has 0 aliphatic carbocycles. The number of anilines is 2. The van der Waals surface area contributed by atoms with Crippen molar-refractivity contribution in [3.05, 3.63) is 41.7 Å². The maximum Gasteiger partial charge on any atom is 0.272 e. The van der Waals surface area contributed by atoms with Crippen LogP contribution in [-0.2, 0) is 4.74 Å². The second kappa shape index (κ2) is 7.27. The first-order valence-corrected chi connectivity index (χ1v) is 7.79. The van der Waals surface area contributed by atoms with Crippen molar-refractivity contribution < 1.29 is 14.3 Å². The fourth-order valence-corrected chi connectivity index (χ4v) is 2.47. The van der Waals surface area contributed by atoms with E-state index in [1.165, 1.54) is 0 Å². The first kappa shape index (κ1) is 16.2. The van der Waals surface area contributed by atoms with Gasteiger partial charge < -0.3 is 19.7 Å². The summed E-state index contributed by atoms with van der Waals surface area (Å²) >= 11 is 0. The molecule has 2 heterocycles. The lowest BCUT2D eigenvalue weighted by Crippen LogP contribution is -2.41. The lowest BCUT2D eigenvalue weighted by molar-refractivity contribution is 0.0299. The smallest absolute Gasteiger partial charge is 0.272 e. The summed E-state index contributed by atoms with van der Waals surface area (Å²) in [6.07, 6.45) is 0. The molecule has 1 aliphatic rings. The van der Waals surface area contributed by atoms with E-state index in [1.807, 2.05) is 31.2 Å². The third-order valence-electron chi connectivity index (χ3n) is 3.72. The number of methoxy groups -OCH3 is 1. The molecule has 1 fully saturated rings. The quantitative estimate of drug-likeness (QED) is 0.925. The molecule has 0 saturated carbocycles. The SMILES string of the molecule is COc1ccc(Nc2nc(C)cc(C(=O)N3CCOCC3)n2)cc1. The molecule has 2 aromatic rings. The molecule has 24 heavy (non-hydrogen) atoms. The predicted molar refractivity (Wildman–Crippen MR) is 89.8 cm³/mol. The van der Waals surface area contributed by atoms with Gasteiger partial charge >= 0.3 is 0 Å². The Hall–Kier alpha value is -2.67. The van der Waals surface area contributed by atoms with E-state index in [2.05, 4.69) is 15.3 Å². The number of hydrogen-bond donors (Lipinski definition) is 1. The second-order valence-electron chi connectivity index (χ2n) is 5.48. The molecule has 1 aliphatic heterocycles. The Bertz CT molecular complexity index is 712. The number of rotatable bonds is 4. The Morgan fingerprint density at radius 3 is 2.58 bits per heavy atom. The molecular weight excluding hydrogens is 308 g/mol. The number of benzene rings is 1. The van der Waals surface area contributed by atoms with Gasteiger partial charge in [0.15, 0.2) is 0 Å². The van der Waals surface area contributed by atoms with Crippen LogP contribution in [0, 0.1) is 6.92 Å². The zero-order valence-electron chi connectivity index (χ0n) is 13.8. The van der Waals surface area contributed by atoms with Crippen molar-refractivity contribution >= 4 is 17.5 Å². The van der Waals surface area contributed by atoms with Gasteiger partial charge in [-0.3, -0.25) is 4.79 Å². The Morgan fingerprint density at radius 1 is 1.21 bits per heavy atom. The number of ether oxygens (including phenoxy) is 2. The topological polar surface area (TPSA) is 76.6 Å². The fraction of sp³-hybridized carbons (Fsp3) is 0.353. The van der Waals surface area contributed by atoms with Crippen LogP contribution >= 0.6 is 0 Å². The fourth-order valence-electron chi connectivity index (χ4n) is 2.47. The van der Waals surface area contributed by atoms with Crippen molar-refractivity contribution in [1.82, 2.24) is 14.9 Å². The summed E-state index contributed by atoms with van der Waals surface area (Å²) < 4.78 is 10.4. The van der Waals surface area contributed by atoms with Crippen molar-refractivity contribution in [3.8, 4) is 5.75 Å². The van der Waals surface area contributed by atoms with E-state index in [9.17, 15) is 4.79 Å². The van der Waals surface area contributed by atoms with Crippen LogP contribution in [0.15, 0.2) is 30.3 Å². The van der Waals surface area contributed by atoms with Gasteiger partial charge in [0.25, 0.3) is 5.91 Å². The Labute approximate surface area is 140 Å². The molecular formula is C17H20N4O3. The number of nitrogens with one attached hydrogen (secondary N) is 1. The second-order valence-corrected chi connectivity index (χ2v) is 5.48. The Morgan fingerprint density at radius 2 is 1.92 bits per heavy atom. The molecule has 1 aromatic heterocycles. The van der Waals surface area contributed by atoms with E-state index in [0.29, 0.717) is 37.9 Å². The summed E-state index contributed by atoms with van der Waals surface area (Å²) in [5, 5.41) is 3.12. The molecule has 126 valence electrons. The van der Waals surface area contributed by atoms with Gasteiger partial charge in [0.2, 0.25) is 5.95 Å². The largest absolute Gasteiger partial charge is 0.497 e. The first-order chi connectivity index (χ1) is 11.7. The van der Waals surface area contributed by atoms with Gasteiger partial charge in [0.05, 0.1) is 20.3 Å². The summed E-state index contributed by atoms with van der Waals surface area (Å²) in [5.74, 6) is 1.08. The summed E-state index contributed by atoms with van der Waals surface area (Å²) in [7, 11) is 1.62. The first-order valence-electron chi connectivity index (χ1n) is 7.79. The molecule has 1 aromatic carbocycles. The van der Waals surface area contributed by atoms with Gasteiger partial charge in [-0.1, -0.05) is 0 Å². The zero-order valence-corrected chi connectivity index (χ0v) is 13.8. The van der Waals surface area contributed by atoms with E-state index < -0.39 is 0 Å². The lowest BCUT2D eigenvalue weighted by Gasteiger charge is -2.26. The molecule has 3 rings (SSSR count). The van der Waals surface area contributed by atoms with Crippen LogP contribution in [0.2, 0.25) is 0 Å². The van der Waals surface area contributed by atoms with Crippen LogP contribution in [0.5, 0.6) is 5.75 Å². The molecule has 0 spiro atoms. The van der Waals surface area contributed by atoms with Crippen LogP contribution in [0.4, 0.5) is 11.6 Å².